The second-order valence-corrected chi connectivity index (χ2v) is 11.9. The topological polar surface area (TPSA) is 238 Å². The number of carboxylic acids is 1. The third-order valence-electron chi connectivity index (χ3n) is 9.07. The van der Waals surface area contributed by atoms with E-state index in [0.29, 0.717) is 84.0 Å². The molecule has 4 rings (SSSR count). The molecule has 4 heterocycles. The van der Waals surface area contributed by atoms with Crippen LogP contribution >= 0.6 is 0 Å². The lowest BCUT2D eigenvalue weighted by molar-refractivity contribution is -0.153. The van der Waals surface area contributed by atoms with Gasteiger partial charge in [0.15, 0.2) is 5.96 Å². The number of amides is 5. The van der Waals surface area contributed by atoms with E-state index in [0.717, 1.165) is 0 Å². The predicted molar refractivity (Wildman–Crippen MR) is 157 cm³/mol. The molecule has 244 valence electrons. The highest BCUT2D eigenvalue weighted by Gasteiger charge is 2.46. The minimum absolute atomic E-state index is 0.0951. The summed E-state index contributed by atoms with van der Waals surface area (Å²) in [6, 6.07) is -4.22. The van der Waals surface area contributed by atoms with Gasteiger partial charge < -0.3 is 47.2 Å². The summed E-state index contributed by atoms with van der Waals surface area (Å²) in [5.74, 6) is -3.10. The number of hydrogen-bond donors (Lipinski definition) is 5. The first-order chi connectivity index (χ1) is 21.0. The second-order valence-electron chi connectivity index (χ2n) is 11.9. The van der Waals surface area contributed by atoms with Crippen LogP contribution in [0.5, 0.6) is 0 Å². The molecule has 0 aromatic carbocycles. The average Bonchev–Trinajstić information content (AvgIpc) is 3.82. The zero-order chi connectivity index (χ0) is 32.0. The molecule has 0 aromatic heterocycles. The Bertz CT molecular complexity index is 1160. The van der Waals surface area contributed by atoms with Crippen LogP contribution < -0.4 is 22.5 Å². The highest BCUT2D eigenvalue weighted by Crippen LogP contribution is 2.29. The maximum Gasteiger partial charge on any atom is 0.326 e. The van der Waals surface area contributed by atoms with Crippen molar-refractivity contribution in [3.63, 3.8) is 0 Å². The van der Waals surface area contributed by atoms with E-state index in [2.05, 4.69) is 10.3 Å². The highest BCUT2D eigenvalue weighted by molar-refractivity contribution is 5.97. The normalized spacial score (nSPS) is 25.7. The van der Waals surface area contributed by atoms with E-state index in [1.165, 1.54) is 19.6 Å². The molecular weight excluding hydrogens is 574 g/mol. The van der Waals surface area contributed by atoms with E-state index >= 15 is 0 Å². The lowest BCUT2D eigenvalue weighted by Crippen LogP contribution is -2.58. The van der Waals surface area contributed by atoms with E-state index in [-0.39, 0.29) is 43.2 Å². The van der Waals surface area contributed by atoms with Crippen LogP contribution in [0.4, 0.5) is 0 Å². The minimum Gasteiger partial charge on any atom is -0.480 e. The monoisotopic (exact) mass is 619 g/mol. The van der Waals surface area contributed by atoms with Crippen LogP contribution in [0.15, 0.2) is 4.99 Å². The van der Waals surface area contributed by atoms with Crippen LogP contribution in [-0.4, -0.2) is 136 Å². The summed E-state index contributed by atoms with van der Waals surface area (Å²) in [6.45, 7) is 1.38. The van der Waals surface area contributed by atoms with Crippen molar-refractivity contribution in [3.8, 4) is 0 Å². The van der Waals surface area contributed by atoms with Gasteiger partial charge in [-0.05, 0) is 64.2 Å². The summed E-state index contributed by atoms with van der Waals surface area (Å²) in [5.41, 5.74) is 16.4. The summed E-state index contributed by atoms with van der Waals surface area (Å²) in [7, 11) is 0. The fraction of sp³-hybridized carbons (Fsp3) is 0.750. The Labute approximate surface area is 256 Å². The van der Waals surface area contributed by atoms with Gasteiger partial charge in [0.25, 0.3) is 0 Å². The number of nitrogens with two attached hydrogens (primary N) is 3. The predicted octanol–water partition coefficient (Wildman–Crippen LogP) is -2.47. The number of rotatable bonds is 11. The molecule has 0 saturated carbocycles. The number of aliphatic imine (C=N–C) groups is 1. The molecule has 16 heteroatoms. The molecular formula is C28H45N9O7. The van der Waals surface area contributed by atoms with E-state index < -0.39 is 48.0 Å². The van der Waals surface area contributed by atoms with Crippen LogP contribution in [0.1, 0.15) is 64.2 Å². The van der Waals surface area contributed by atoms with E-state index in [4.69, 9.17) is 17.2 Å². The molecule has 0 unspecified atom stereocenters. The molecule has 4 aliphatic rings. The average molecular weight is 620 g/mol. The molecule has 0 aromatic rings. The first-order valence-corrected chi connectivity index (χ1v) is 15.5. The Hall–Kier alpha value is -3.95. The lowest BCUT2D eigenvalue weighted by Gasteiger charge is -2.35. The van der Waals surface area contributed by atoms with Gasteiger partial charge in [-0.15, -0.1) is 0 Å². The second kappa shape index (κ2) is 14.7. The van der Waals surface area contributed by atoms with Gasteiger partial charge in [-0.25, -0.2) is 4.79 Å². The van der Waals surface area contributed by atoms with Crippen molar-refractivity contribution in [1.29, 1.82) is 0 Å². The summed E-state index contributed by atoms with van der Waals surface area (Å²) >= 11 is 0. The minimum atomic E-state index is -1.06. The molecule has 5 amide bonds. The van der Waals surface area contributed by atoms with E-state index in [1.54, 1.807) is 0 Å². The number of carboxylic acid groups (broad SMARTS) is 1. The smallest absolute Gasteiger partial charge is 0.326 e. The maximum atomic E-state index is 14.0. The number of nitrogens with one attached hydrogen (secondary N) is 1. The fourth-order valence-corrected chi connectivity index (χ4v) is 6.93. The summed E-state index contributed by atoms with van der Waals surface area (Å²) < 4.78 is 0. The first kappa shape index (κ1) is 33.0. The molecule has 0 aliphatic carbocycles. The van der Waals surface area contributed by atoms with Crippen molar-refractivity contribution in [1.82, 2.24) is 24.9 Å². The Morgan fingerprint density at radius 2 is 1.25 bits per heavy atom. The zero-order valence-corrected chi connectivity index (χ0v) is 25.1. The van der Waals surface area contributed by atoms with Gasteiger partial charge in [0.2, 0.25) is 29.5 Å². The molecule has 44 heavy (non-hydrogen) atoms. The number of carbonyl (C=O) groups excluding carboxylic acids is 5. The third-order valence-corrected chi connectivity index (χ3v) is 9.07. The molecule has 16 nitrogen and oxygen atoms in total. The van der Waals surface area contributed by atoms with Crippen molar-refractivity contribution in [2.24, 2.45) is 22.2 Å². The van der Waals surface area contributed by atoms with Gasteiger partial charge in [-0.2, -0.15) is 0 Å². The molecule has 0 radical (unpaired) electrons. The number of nitrogens with zero attached hydrogens (tertiary/aromatic N) is 5. The van der Waals surface area contributed by atoms with Gasteiger partial charge in [0.1, 0.15) is 30.2 Å². The largest absolute Gasteiger partial charge is 0.480 e. The molecule has 4 saturated heterocycles. The van der Waals surface area contributed by atoms with Crippen LogP contribution in [0.3, 0.4) is 0 Å². The summed E-state index contributed by atoms with van der Waals surface area (Å²) in [5, 5.41) is 12.4. The SMILES string of the molecule is NCC(=O)N1CCC[C@H]1C(=O)N[C@@H](CCCN=C(N)N)C(=O)N1CCC[C@H]1C(=O)N1CCC[C@H]1C(=O)N1CCC[C@H]1C(=O)O. The number of guanidine groups is 1. The van der Waals surface area contributed by atoms with E-state index in [1.807, 2.05) is 0 Å². The van der Waals surface area contributed by atoms with Crippen molar-refractivity contribution < 1.29 is 33.9 Å². The third kappa shape index (κ3) is 7.22. The number of aliphatic carboxylic acids is 1. The molecule has 0 bridgehead atoms. The lowest BCUT2D eigenvalue weighted by atomic mass is 10.1. The van der Waals surface area contributed by atoms with Crippen LogP contribution in [-0.2, 0) is 28.8 Å². The molecule has 4 fully saturated rings. The molecule has 4 aliphatic heterocycles. The van der Waals surface area contributed by atoms with Gasteiger partial charge in [0.05, 0.1) is 6.54 Å². The number of hydrogen-bond acceptors (Lipinski definition) is 8. The Kier molecular flexibility index (Phi) is 11.0. The van der Waals surface area contributed by atoms with Gasteiger partial charge >= 0.3 is 5.97 Å². The van der Waals surface area contributed by atoms with Crippen molar-refractivity contribution >= 4 is 41.5 Å². The summed E-state index contributed by atoms with van der Waals surface area (Å²) in [6.07, 6.45) is 4.61. The van der Waals surface area contributed by atoms with Crippen LogP contribution in [0, 0.1) is 0 Å². The zero-order valence-electron chi connectivity index (χ0n) is 25.1. The number of carbonyl (C=O) groups is 6. The van der Waals surface area contributed by atoms with Crippen molar-refractivity contribution in [2.45, 2.75) is 94.4 Å². The van der Waals surface area contributed by atoms with Crippen LogP contribution in [0.25, 0.3) is 0 Å². The maximum absolute atomic E-state index is 14.0. The molecule has 5 atom stereocenters. The molecule has 0 spiro atoms. The van der Waals surface area contributed by atoms with E-state index in [9.17, 15) is 33.9 Å². The Morgan fingerprint density at radius 1 is 0.750 bits per heavy atom. The Morgan fingerprint density at radius 3 is 1.82 bits per heavy atom. The molecule has 8 N–H and O–H groups in total. The quantitative estimate of drug-likeness (QED) is 0.0928. The van der Waals surface area contributed by atoms with Gasteiger partial charge in [0, 0.05) is 32.7 Å². The number of likely N-dealkylation sites (tertiary alicyclic amines) is 4. The van der Waals surface area contributed by atoms with Crippen molar-refractivity contribution in [2.75, 3.05) is 39.3 Å². The fourth-order valence-electron chi connectivity index (χ4n) is 6.93. The highest BCUT2D eigenvalue weighted by atomic mass is 16.4. The Balaban J connectivity index is 1.48. The standard InChI is InChI=1S/C28H45N9O7/c29-16-22(38)34-12-2-7-18(34)23(39)33-17(6-1-11-32-28(30)31)24(40)35-13-3-8-19(35)25(41)36-14-4-9-20(36)26(42)37-15-5-10-21(37)27(43)44/h17-21H,1-16,29H2,(H,33,39)(H,43,44)(H4,30,31,32)/t17-,18-,19-,20-,21-/m0/s1. The van der Waals surface area contributed by atoms with Crippen molar-refractivity contribution in [3.05, 3.63) is 0 Å². The van der Waals surface area contributed by atoms with Gasteiger partial charge in [-0.3, -0.25) is 29.0 Å². The van der Waals surface area contributed by atoms with Crippen LogP contribution in [0.2, 0.25) is 0 Å². The summed E-state index contributed by atoms with van der Waals surface area (Å²) in [4.78, 5) is 88.4. The van der Waals surface area contributed by atoms with Gasteiger partial charge in [-0.1, -0.05) is 0 Å². The first-order valence-electron chi connectivity index (χ1n) is 15.5.